The van der Waals surface area contributed by atoms with Crippen molar-refractivity contribution in [2.24, 2.45) is 10.7 Å². The quantitative estimate of drug-likeness (QED) is 0.346. The highest BCUT2D eigenvalue weighted by molar-refractivity contribution is 6.31. The molecule has 1 aromatic carbocycles. The number of benzene rings is 1. The van der Waals surface area contributed by atoms with Crippen LogP contribution in [-0.4, -0.2) is 28.9 Å². The lowest BCUT2D eigenvalue weighted by atomic mass is 10.1. The lowest BCUT2D eigenvalue weighted by molar-refractivity contribution is -0.385. The van der Waals surface area contributed by atoms with Crippen LogP contribution in [0.1, 0.15) is 11.1 Å². The number of nitrogens with zero attached hydrogens (tertiary/aromatic N) is 3. The molecule has 2 N–H and O–H groups in total. The maximum atomic E-state index is 12.7. The summed E-state index contributed by atoms with van der Waals surface area (Å²) in [5.74, 6) is -0.930. The van der Waals surface area contributed by atoms with Crippen LogP contribution in [0.3, 0.4) is 0 Å². The smallest absolute Gasteiger partial charge is 0.417 e. The van der Waals surface area contributed by atoms with E-state index in [0.29, 0.717) is 12.3 Å². The molecule has 0 fully saturated rings. The van der Waals surface area contributed by atoms with Gasteiger partial charge in [0, 0.05) is 18.3 Å². The van der Waals surface area contributed by atoms with Crippen LogP contribution in [0.2, 0.25) is 5.02 Å². The van der Waals surface area contributed by atoms with Gasteiger partial charge in [-0.15, -0.1) is 0 Å². The highest BCUT2D eigenvalue weighted by atomic mass is 35.5. The van der Waals surface area contributed by atoms with Crippen LogP contribution in [0.4, 0.5) is 23.7 Å². The molecular weight excluding hydrogens is 409 g/mol. The fraction of sp³-hybridized carbons (Fsp3) is 0.133. The number of methoxy groups -OCH3 is 1. The van der Waals surface area contributed by atoms with Gasteiger partial charge >= 0.3 is 12.2 Å². The van der Waals surface area contributed by atoms with Crippen LogP contribution in [0, 0.1) is 10.1 Å². The number of primary amides is 1. The Labute approximate surface area is 159 Å². The molecule has 9 nitrogen and oxygen atoms in total. The molecule has 0 saturated heterocycles. The number of alkyl halides is 3. The van der Waals surface area contributed by atoms with Gasteiger partial charge in [0.25, 0.3) is 5.69 Å². The normalized spacial score (nSPS) is 11.8. The summed E-state index contributed by atoms with van der Waals surface area (Å²) in [6, 6.07) is 2.68. The second-order valence-corrected chi connectivity index (χ2v) is 5.41. The number of carbonyl (C=O) groups excluding carboxylic acids is 1. The first-order chi connectivity index (χ1) is 13.0. The first kappa shape index (κ1) is 20.9. The Morgan fingerprint density at radius 1 is 1.36 bits per heavy atom. The molecule has 0 aliphatic carbocycles. The number of urea groups is 1. The molecule has 0 atom stereocenters. The van der Waals surface area contributed by atoms with Crippen LogP contribution in [0.25, 0.3) is 0 Å². The number of ether oxygens (including phenoxy) is 2. The second kappa shape index (κ2) is 8.08. The van der Waals surface area contributed by atoms with E-state index in [1.54, 1.807) is 0 Å². The van der Waals surface area contributed by atoms with Gasteiger partial charge in [-0.2, -0.15) is 18.2 Å². The SMILES string of the molecule is COC(=NC(N)=O)c1cc(Oc2ncc(C(F)(F)F)cc2Cl)ccc1[N+](=O)[O-]. The largest absolute Gasteiger partial charge is 0.480 e. The van der Waals surface area contributed by atoms with Crippen molar-refractivity contribution in [1.29, 1.82) is 0 Å². The second-order valence-electron chi connectivity index (χ2n) is 5.01. The van der Waals surface area contributed by atoms with Crippen molar-refractivity contribution in [2.45, 2.75) is 6.18 Å². The number of nitro benzene ring substituents is 1. The lowest BCUT2D eigenvalue weighted by Crippen LogP contribution is -2.14. The average Bonchev–Trinajstić information content (AvgIpc) is 2.60. The van der Waals surface area contributed by atoms with E-state index >= 15 is 0 Å². The number of aromatic nitrogens is 1. The molecule has 0 radical (unpaired) electrons. The van der Waals surface area contributed by atoms with E-state index in [0.717, 1.165) is 25.3 Å². The van der Waals surface area contributed by atoms with E-state index in [1.807, 2.05) is 0 Å². The number of pyridine rings is 1. The summed E-state index contributed by atoms with van der Waals surface area (Å²) in [5.41, 5.74) is 3.11. The molecule has 2 aromatic rings. The third kappa shape index (κ3) is 4.85. The number of hydrogen-bond donors (Lipinski definition) is 1. The van der Waals surface area contributed by atoms with Crippen molar-refractivity contribution in [2.75, 3.05) is 7.11 Å². The van der Waals surface area contributed by atoms with Crippen molar-refractivity contribution in [3.05, 3.63) is 56.7 Å². The number of aliphatic imine (C=N–C) groups is 1. The molecule has 1 heterocycles. The van der Waals surface area contributed by atoms with E-state index < -0.39 is 39.3 Å². The Bertz CT molecular complexity index is 965. The molecule has 0 unspecified atom stereocenters. The summed E-state index contributed by atoms with van der Waals surface area (Å²) in [5, 5.41) is 10.7. The van der Waals surface area contributed by atoms with Gasteiger partial charge in [-0.1, -0.05) is 11.6 Å². The van der Waals surface area contributed by atoms with Crippen molar-refractivity contribution >= 4 is 29.2 Å². The van der Waals surface area contributed by atoms with Crippen molar-refractivity contribution in [1.82, 2.24) is 4.98 Å². The molecule has 2 rings (SSSR count). The van der Waals surface area contributed by atoms with Crippen LogP contribution < -0.4 is 10.5 Å². The van der Waals surface area contributed by atoms with E-state index in [4.69, 9.17) is 26.8 Å². The number of rotatable bonds is 4. The predicted molar refractivity (Wildman–Crippen MR) is 90.5 cm³/mol. The Hall–Kier alpha value is -3.41. The summed E-state index contributed by atoms with van der Waals surface area (Å²) >= 11 is 5.76. The first-order valence-electron chi connectivity index (χ1n) is 7.14. The van der Waals surface area contributed by atoms with E-state index in [9.17, 15) is 28.1 Å². The van der Waals surface area contributed by atoms with Crippen molar-refractivity contribution in [3.63, 3.8) is 0 Å². The molecule has 0 saturated carbocycles. The molecule has 0 bridgehead atoms. The Morgan fingerprint density at radius 2 is 2.04 bits per heavy atom. The zero-order chi connectivity index (χ0) is 21.1. The third-order valence-electron chi connectivity index (χ3n) is 3.15. The Balaban J connectivity index is 2.47. The Kier molecular flexibility index (Phi) is 6.03. The fourth-order valence-electron chi connectivity index (χ4n) is 1.99. The standard InChI is InChI=1S/C15H10ClF3N4O5/c1-27-12(22-14(20)24)9-5-8(2-3-11(9)23(25)26)28-13-10(16)4-7(6-21-13)15(17,18)19/h2-6H,1H3,(H2,20,24). The van der Waals surface area contributed by atoms with Gasteiger partial charge in [0.05, 0.1) is 17.6 Å². The number of hydrogen-bond acceptors (Lipinski definition) is 6. The van der Waals surface area contributed by atoms with Crippen molar-refractivity contribution < 1.29 is 32.4 Å². The molecule has 0 aliphatic heterocycles. The first-order valence-corrected chi connectivity index (χ1v) is 7.52. The highest BCUT2D eigenvalue weighted by Crippen LogP contribution is 2.35. The van der Waals surface area contributed by atoms with Crippen molar-refractivity contribution in [3.8, 4) is 11.6 Å². The van der Waals surface area contributed by atoms with Crippen LogP contribution in [0.5, 0.6) is 11.6 Å². The van der Waals surface area contributed by atoms with Gasteiger partial charge in [-0.3, -0.25) is 10.1 Å². The highest BCUT2D eigenvalue weighted by Gasteiger charge is 2.32. The minimum atomic E-state index is -4.64. The average molecular weight is 419 g/mol. The molecule has 148 valence electrons. The molecule has 1 aromatic heterocycles. The van der Waals surface area contributed by atoms with E-state index in [1.165, 1.54) is 0 Å². The van der Waals surface area contributed by atoms with Crippen LogP contribution in [0.15, 0.2) is 35.5 Å². The minimum Gasteiger partial charge on any atom is -0.480 e. The summed E-state index contributed by atoms with van der Waals surface area (Å²) < 4.78 is 48.1. The van der Waals surface area contributed by atoms with Gasteiger partial charge < -0.3 is 15.2 Å². The number of nitro groups is 1. The van der Waals surface area contributed by atoms with Gasteiger partial charge in [-0.05, 0) is 12.1 Å². The van der Waals surface area contributed by atoms with Gasteiger partial charge in [0.15, 0.2) is 0 Å². The fourth-order valence-corrected chi connectivity index (χ4v) is 2.20. The molecule has 0 spiro atoms. The number of amides is 2. The van der Waals surface area contributed by atoms with Gasteiger partial charge in [-0.25, -0.2) is 9.78 Å². The van der Waals surface area contributed by atoms with Gasteiger partial charge in [0.1, 0.15) is 16.3 Å². The van der Waals surface area contributed by atoms with Gasteiger partial charge in [0.2, 0.25) is 11.8 Å². The van der Waals surface area contributed by atoms with Crippen LogP contribution in [-0.2, 0) is 10.9 Å². The topological polar surface area (TPSA) is 130 Å². The zero-order valence-corrected chi connectivity index (χ0v) is 14.6. The minimum absolute atomic E-state index is 0.0935. The summed E-state index contributed by atoms with van der Waals surface area (Å²) in [7, 11) is 1.10. The molecule has 28 heavy (non-hydrogen) atoms. The maximum absolute atomic E-state index is 12.7. The van der Waals surface area contributed by atoms with Crippen LogP contribution >= 0.6 is 11.6 Å². The third-order valence-corrected chi connectivity index (χ3v) is 3.42. The van der Waals surface area contributed by atoms with E-state index in [-0.39, 0.29) is 17.2 Å². The molecule has 13 heteroatoms. The lowest BCUT2D eigenvalue weighted by Gasteiger charge is -2.11. The number of carbonyl (C=O) groups is 1. The Morgan fingerprint density at radius 3 is 2.54 bits per heavy atom. The monoisotopic (exact) mass is 418 g/mol. The summed E-state index contributed by atoms with van der Waals surface area (Å²) in [4.78, 5) is 28.2. The maximum Gasteiger partial charge on any atom is 0.417 e. The summed E-state index contributed by atoms with van der Waals surface area (Å²) in [6.07, 6.45) is -4.13. The number of nitrogens with two attached hydrogens (primary N) is 1. The number of halogens is 4. The molecule has 2 amide bonds. The molecule has 0 aliphatic rings. The summed E-state index contributed by atoms with van der Waals surface area (Å²) in [6.45, 7) is 0. The molecular formula is C15H10ClF3N4O5. The predicted octanol–water partition coefficient (Wildman–Crippen LogP) is 3.93. The van der Waals surface area contributed by atoms with E-state index in [2.05, 4.69) is 9.98 Å². The zero-order valence-electron chi connectivity index (χ0n) is 13.9.